The number of halogens is 3. The van der Waals surface area contributed by atoms with Crippen LogP contribution in [-0.2, 0) is 0 Å². The van der Waals surface area contributed by atoms with Crippen molar-refractivity contribution in [2.75, 3.05) is 0 Å². The SMILES string of the molecule is CC1CC(F)C(C)C(F)C1.CC1CCC(C)C(F)C1.CC1CCC(C)CC1. The molecule has 5 atom stereocenters. The molecule has 0 nitrogen and oxygen atoms in total. The molecule has 0 aromatic carbocycles. The molecular weight excluding hydrogens is 345 g/mol. The molecular formula is C24H45F3. The molecule has 0 aromatic rings. The summed E-state index contributed by atoms with van der Waals surface area (Å²) in [5.74, 6) is 2.83. The van der Waals surface area contributed by atoms with Gasteiger partial charge in [0.1, 0.15) is 18.5 Å². The van der Waals surface area contributed by atoms with Gasteiger partial charge in [0.15, 0.2) is 0 Å². The van der Waals surface area contributed by atoms with Gasteiger partial charge < -0.3 is 0 Å². The molecule has 3 heteroatoms. The van der Waals surface area contributed by atoms with E-state index in [4.69, 9.17) is 0 Å². The maximum absolute atomic E-state index is 12.8. The fourth-order valence-corrected chi connectivity index (χ4v) is 4.41. The van der Waals surface area contributed by atoms with Crippen LogP contribution in [-0.4, -0.2) is 18.5 Å². The Bertz CT molecular complexity index is 356. The van der Waals surface area contributed by atoms with Crippen LogP contribution in [0.4, 0.5) is 13.2 Å². The van der Waals surface area contributed by atoms with E-state index in [-0.39, 0.29) is 11.8 Å². The van der Waals surface area contributed by atoms with Gasteiger partial charge in [-0.25, -0.2) is 13.2 Å². The van der Waals surface area contributed by atoms with Gasteiger partial charge in [-0.3, -0.25) is 0 Å². The normalized spacial score (nSPS) is 45.0. The van der Waals surface area contributed by atoms with Gasteiger partial charge in [-0.15, -0.1) is 0 Å². The predicted octanol–water partition coefficient (Wildman–Crippen LogP) is 8.34. The van der Waals surface area contributed by atoms with Crippen LogP contribution in [0.15, 0.2) is 0 Å². The Morgan fingerprint density at radius 1 is 0.444 bits per heavy atom. The van der Waals surface area contributed by atoms with Gasteiger partial charge in [-0.2, -0.15) is 0 Å². The van der Waals surface area contributed by atoms with Crippen molar-refractivity contribution in [3.63, 3.8) is 0 Å². The molecule has 0 bridgehead atoms. The van der Waals surface area contributed by atoms with Crippen LogP contribution >= 0.6 is 0 Å². The molecule has 3 aliphatic carbocycles. The van der Waals surface area contributed by atoms with E-state index < -0.39 is 18.5 Å². The first kappa shape index (κ1) is 24.8. The lowest BCUT2D eigenvalue weighted by molar-refractivity contribution is 0.0603. The van der Waals surface area contributed by atoms with E-state index in [0.717, 1.165) is 24.7 Å². The summed E-state index contributed by atoms with van der Waals surface area (Å²) >= 11 is 0. The summed E-state index contributed by atoms with van der Waals surface area (Å²) in [4.78, 5) is 0. The van der Waals surface area contributed by atoms with Crippen LogP contribution in [0, 0.1) is 35.5 Å². The molecule has 0 spiro atoms. The van der Waals surface area contributed by atoms with Gasteiger partial charge in [0.25, 0.3) is 0 Å². The van der Waals surface area contributed by atoms with Gasteiger partial charge in [-0.1, -0.05) is 73.6 Å². The van der Waals surface area contributed by atoms with Crippen LogP contribution in [0.5, 0.6) is 0 Å². The van der Waals surface area contributed by atoms with Gasteiger partial charge in [-0.05, 0) is 55.3 Å². The smallest absolute Gasteiger partial charge is 0.106 e. The summed E-state index contributed by atoms with van der Waals surface area (Å²) in [6.45, 7) is 12.4. The Labute approximate surface area is 167 Å². The Morgan fingerprint density at radius 3 is 1.19 bits per heavy atom. The van der Waals surface area contributed by atoms with Crippen LogP contribution in [0.3, 0.4) is 0 Å². The van der Waals surface area contributed by atoms with Crippen molar-refractivity contribution < 1.29 is 13.2 Å². The van der Waals surface area contributed by atoms with E-state index in [1.807, 2.05) is 13.8 Å². The highest BCUT2D eigenvalue weighted by Gasteiger charge is 2.33. The fourth-order valence-electron chi connectivity index (χ4n) is 4.41. The Hall–Kier alpha value is -0.210. The molecule has 5 unspecified atom stereocenters. The first-order chi connectivity index (χ1) is 12.6. The Morgan fingerprint density at radius 2 is 0.815 bits per heavy atom. The molecule has 3 saturated carbocycles. The molecule has 0 N–H and O–H groups in total. The zero-order valence-electron chi connectivity index (χ0n) is 18.7. The molecule has 0 saturated heterocycles. The fraction of sp³-hybridized carbons (Fsp3) is 1.00. The van der Waals surface area contributed by atoms with Crippen molar-refractivity contribution in [3.8, 4) is 0 Å². The van der Waals surface area contributed by atoms with Crippen LogP contribution in [0.1, 0.15) is 99.3 Å². The van der Waals surface area contributed by atoms with Gasteiger partial charge in [0, 0.05) is 5.92 Å². The van der Waals surface area contributed by atoms with Crippen molar-refractivity contribution in [3.05, 3.63) is 0 Å². The van der Waals surface area contributed by atoms with Crippen LogP contribution in [0.25, 0.3) is 0 Å². The summed E-state index contributed by atoms with van der Waals surface area (Å²) < 4.78 is 38.5. The van der Waals surface area contributed by atoms with Crippen molar-refractivity contribution in [2.24, 2.45) is 35.5 Å². The molecule has 162 valence electrons. The van der Waals surface area contributed by atoms with E-state index in [1.54, 1.807) is 6.92 Å². The predicted molar refractivity (Wildman–Crippen MR) is 111 cm³/mol. The highest BCUT2D eigenvalue weighted by molar-refractivity contribution is 4.82. The first-order valence-corrected chi connectivity index (χ1v) is 11.5. The molecule has 3 aliphatic rings. The monoisotopic (exact) mass is 390 g/mol. The van der Waals surface area contributed by atoms with E-state index in [0.29, 0.717) is 24.7 Å². The maximum atomic E-state index is 12.8. The zero-order valence-corrected chi connectivity index (χ0v) is 18.7. The molecule has 3 fully saturated rings. The van der Waals surface area contributed by atoms with E-state index in [1.165, 1.54) is 32.1 Å². The lowest BCUT2D eigenvalue weighted by atomic mass is 9.81. The summed E-state index contributed by atoms with van der Waals surface area (Å²) in [7, 11) is 0. The number of alkyl halides is 3. The minimum Gasteiger partial charge on any atom is -0.247 e. The molecule has 0 aromatic heterocycles. The van der Waals surface area contributed by atoms with Crippen molar-refractivity contribution in [2.45, 2.75) is 118 Å². The maximum Gasteiger partial charge on any atom is 0.106 e. The number of hydrogen-bond donors (Lipinski definition) is 0. The zero-order chi connectivity index (χ0) is 20.6. The molecule has 0 heterocycles. The highest BCUT2D eigenvalue weighted by Crippen LogP contribution is 2.33. The minimum atomic E-state index is -0.918. The van der Waals surface area contributed by atoms with Gasteiger partial charge in [0.05, 0.1) is 0 Å². The summed E-state index contributed by atoms with van der Waals surface area (Å²) in [6.07, 6.45) is 7.73. The Balaban J connectivity index is 0.000000204. The minimum absolute atomic E-state index is 0.223. The second kappa shape index (κ2) is 12.4. The summed E-state index contributed by atoms with van der Waals surface area (Å²) in [5.41, 5.74) is 0. The molecule has 27 heavy (non-hydrogen) atoms. The van der Waals surface area contributed by atoms with E-state index in [2.05, 4.69) is 20.8 Å². The quantitative estimate of drug-likeness (QED) is 0.390. The largest absolute Gasteiger partial charge is 0.247 e. The first-order valence-electron chi connectivity index (χ1n) is 11.5. The van der Waals surface area contributed by atoms with Crippen LogP contribution in [0.2, 0.25) is 0 Å². The second-order valence-electron chi connectivity index (χ2n) is 10.2. The number of hydrogen-bond acceptors (Lipinski definition) is 0. The molecule has 0 aliphatic heterocycles. The lowest BCUT2D eigenvalue weighted by Crippen LogP contribution is -2.32. The third kappa shape index (κ3) is 9.70. The molecule has 0 radical (unpaired) electrons. The lowest BCUT2D eigenvalue weighted by Gasteiger charge is -2.30. The summed E-state index contributed by atoms with van der Waals surface area (Å²) in [6, 6.07) is 0. The standard InChI is InChI=1S/C8H14F2.C8H15F.C8H16/c1-5-3-7(9)6(2)8(10)4-5;1-6-3-4-7(2)8(9)5-6;1-7-3-5-8(2)6-4-7/h5-8H,3-4H2,1-2H3;6-8H,3-5H2,1-2H3;7-8H,3-6H2,1-2H3. The van der Waals surface area contributed by atoms with Crippen molar-refractivity contribution >= 4 is 0 Å². The van der Waals surface area contributed by atoms with Crippen molar-refractivity contribution in [1.29, 1.82) is 0 Å². The summed E-state index contributed by atoms with van der Waals surface area (Å²) in [5, 5.41) is 0. The Kier molecular flexibility index (Phi) is 11.4. The van der Waals surface area contributed by atoms with Crippen LogP contribution < -0.4 is 0 Å². The van der Waals surface area contributed by atoms with Gasteiger partial charge >= 0.3 is 0 Å². The third-order valence-electron chi connectivity index (χ3n) is 7.06. The highest BCUT2D eigenvalue weighted by atomic mass is 19.1. The third-order valence-corrected chi connectivity index (χ3v) is 7.06. The van der Waals surface area contributed by atoms with Crippen molar-refractivity contribution in [1.82, 2.24) is 0 Å². The van der Waals surface area contributed by atoms with E-state index >= 15 is 0 Å². The molecule has 3 rings (SSSR count). The molecule has 0 amide bonds. The number of rotatable bonds is 0. The topological polar surface area (TPSA) is 0 Å². The average molecular weight is 391 g/mol. The second-order valence-corrected chi connectivity index (χ2v) is 10.2. The van der Waals surface area contributed by atoms with E-state index in [9.17, 15) is 13.2 Å². The average Bonchev–Trinajstić information content (AvgIpc) is 2.60. The van der Waals surface area contributed by atoms with Gasteiger partial charge in [0.2, 0.25) is 0 Å².